The minimum atomic E-state index is 0.416. The topological polar surface area (TPSA) is 59.6 Å². The number of nitrogens with zero attached hydrogens (tertiary/aromatic N) is 2. The maximum atomic E-state index is 5.78. The fraction of sp³-hybridized carbons (Fsp3) is 0.111. The Balaban J connectivity index is 2.26. The van der Waals surface area contributed by atoms with Crippen LogP contribution in [0.2, 0.25) is 5.02 Å². The molecule has 15 heavy (non-hydrogen) atoms. The molecule has 2 rings (SSSR count). The highest BCUT2D eigenvalue weighted by Crippen LogP contribution is 2.11. The molecule has 0 atom stereocenters. The second-order valence-electron chi connectivity index (χ2n) is 3.12. The quantitative estimate of drug-likeness (QED) is 0.623. The van der Waals surface area contributed by atoms with Crippen molar-refractivity contribution in [3.8, 4) is 0 Å². The van der Waals surface area contributed by atoms with E-state index in [-0.39, 0.29) is 0 Å². The molecule has 0 spiro atoms. The van der Waals surface area contributed by atoms with Crippen LogP contribution in [0.1, 0.15) is 11.4 Å². The van der Waals surface area contributed by atoms with Gasteiger partial charge < -0.3 is 5.84 Å². The van der Waals surface area contributed by atoms with Gasteiger partial charge in [-0.05, 0) is 29.9 Å². The Bertz CT molecular complexity index is 514. The van der Waals surface area contributed by atoms with Crippen molar-refractivity contribution in [2.45, 2.75) is 6.42 Å². The van der Waals surface area contributed by atoms with Crippen molar-refractivity contribution in [1.82, 2.24) is 14.9 Å². The highest BCUT2D eigenvalue weighted by atomic mass is 35.5. The zero-order chi connectivity index (χ0) is 10.8. The maximum absolute atomic E-state index is 5.78. The molecule has 0 fully saturated rings. The molecule has 1 aromatic heterocycles. The Morgan fingerprint density at radius 1 is 1.40 bits per heavy atom. The zero-order valence-corrected chi connectivity index (χ0v) is 9.35. The second-order valence-corrected chi connectivity index (χ2v) is 3.94. The van der Waals surface area contributed by atoms with Gasteiger partial charge in [-0.3, -0.25) is 5.10 Å². The van der Waals surface area contributed by atoms with E-state index in [2.05, 4.69) is 10.2 Å². The zero-order valence-electron chi connectivity index (χ0n) is 7.77. The Kier molecular flexibility index (Phi) is 2.75. The summed E-state index contributed by atoms with van der Waals surface area (Å²) in [5.74, 6) is 6.37. The van der Waals surface area contributed by atoms with Gasteiger partial charge >= 0.3 is 0 Å². The van der Waals surface area contributed by atoms with E-state index in [9.17, 15) is 0 Å². The van der Waals surface area contributed by atoms with Gasteiger partial charge in [-0.15, -0.1) is 0 Å². The first-order valence-corrected chi connectivity index (χ1v) is 5.11. The van der Waals surface area contributed by atoms with E-state index >= 15 is 0 Å². The average molecular weight is 241 g/mol. The molecule has 1 heterocycles. The number of nitrogens with two attached hydrogens (primary N) is 1. The summed E-state index contributed by atoms with van der Waals surface area (Å²) in [5.41, 5.74) is 1.08. The van der Waals surface area contributed by atoms with Gasteiger partial charge in [0.2, 0.25) is 4.77 Å². The number of rotatable bonds is 2. The SMILES string of the molecule is Nn1c(Cc2ccc(Cl)cc2)n[nH]c1=S. The van der Waals surface area contributed by atoms with Crippen molar-refractivity contribution in [1.29, 1.82) is 0 Å². The van der Waals surface area contributed by atoms with Crippen LogP contribution in [0.4, 0.5) is 0 Å². The van der Waals surface area contributed by atoms with E-state index in [1.165, 1.54) is 4.68 Å². The van der Waals surface area contributed by atoms with Crippen molar-refractivity contribution in [2.75, 3.05) is 5.84 Å². The van der Waals surface area contributed by atoms with E-state index in [4.69, 9.17) is 29.7 Å². The molecule has 0 aliphatic carbocycles. The second kappa shape index (κ2) is 4.04. The molecule has 0 amide bonds. The van der Waals surface area contributed by atoms with Crippen LogP contribution < -0.4 is 5.84 Å². The molecule has 0 aliphatic rings. The van der Waals surface area contributed by atoms with Gasteiger partial charge in [0.1, 0.15) is 0 Å². The lowest BCUT2D eigenvalue weighted by Crippen LogP contribution is -2.13. The summed E-state index contributed by atoms with van der Waals surface area (Å²) in [6.07, 6.45) is 0.626. The van der Waals surface area contributed by atoms with Crippen LogP contribution in [-0.2, 0) is 6.42 Å². The minimum Gasteiger partial charge on any atom is -0.335 e. The summed E-state index contributed by atoms with van der Waals surface area (Å²) in [5, 5.41) is 7.37. The van der Waals surface area contributed by atoms with Crippen molar-refractivity contribution < 1.29 is 0 Å². The van der Waals surface area contributed by atoms with E-state index in [0.717, 1.165) is 5.56 Å². The van der Waals surface area contributed by atoms with Crippen LogP contribution in [0.3, 0.4) is 0 Å². The normalized spacial score (nSPS) is 10.5. The third-order valence-corrected chi connectivity index (χ3v) is 2.59. The molecule has 0 saturated carbocycles. The lowest BCUT2D eigenvalue weighted by atomic mass is 10.1. The number of halogens is 1. The summed E-state index contributed by atoms with van der Waals surface area (Å²) < 4.78 is 1.78. The predicted octanol–water partition coefficient (Wildman–Crippen LogP) is 1.90. The van der Waals surface area contributed by atoms with Crippen LogP contribution in [0.25, 0.3) is 0 Å². The largest absolute Gasteiger partial charge is 0.335 e. The molecule has 3 N–H and O–H groups in total. The molecular formula is C9H9ClN4S. The first-order chi connectivity index (χ1) is 7.16. The van der Waals surface area contributed by atoms with Crippen LogP contribution in [0, 0.1) is 4.77 Å². The Labute approximate surface area is 96.7 Å². The van der Waals surface area contributed by atoms with Crippen molar-refractivity contribution in [2.24, 2.45) is 0 Å². The molecule has 2 aromatic rings. The molecule has 0 aliphatic heterocycles. The molecular weight excluding hydrogens is 232 g/mol. The standard InChI is InChI=1S/C9H9ClN4S/c10-7-3-1-6(2-4-7)5-8-12-13-9(15)14(8)11/h1-4H,5,11H2,(H,13,15). The fourth-order valence-corrected chi connectivity index (χ4v) is 1.52. The number of aromatic nitrogens is 3. The average Bonchev–Trinajstić information content (AvgIpc) is 2.53. The summed E-state index contributed by atoms with van der Waals surface area (Å²) in [7, 11) is 0. The Morgan fingerprint density at radius 2 is 2.07 bits per heavy atom. The molecule has 0 unspecified atom stereocenters. The molecule has 0 radical (unpaired) electrons. The summed E-state index contributed by atoms with van der Waals surface area (Å²) in [6, 6.07) is 7.53. The van der Waals surface area contributed by atoms with Gasteiger partial charge in [-0.1, -0.05) is 23.7 Å². The smallest absolute Gasteiger partial charge is 0.214 e. The summed E-state index contributed by atoms with van der Waals surface area (Å²) in [4.78, 5) is 0. The highest BCUT2D eigenvalue weighted by molar-refractivity contribution is 7.71. The number of nitrogen functional groups attached to an aromatic ring is 1. The maximum Gasteiger partial charge on any atom is 0.214 e. The number of hydrogen-bond acceptors (Lipinski definition) is 3. The fourth-order valence-electron chi connectivity index (χ4n) is 1.25. The van der Waals surface area contributed by atoms with Gasteiger partial charge in [0.15, 0.2) is 5.82 Å². The molecule has 4 nitrogen and oxygen atoms in total. The van der Waals surface area contributed by atoms with E-state index in [0.29, 0.717) is 22.0 Å². The molecule has 78 valence electrons. The lowest BCUT2D eigenvalue weighted by molar-refractivity contribution is 0.868. The Hall–Kier alpha value is -1.33. The van der Waals surface area contributed by atoms with E-state index < -0.39 is 0 Å². The Morgan fingerprint density at radius 3 is 2.60 bits per heavy atom. The van der Waals surface area contributed by atoms with Crippen LogP contribution in [0.5, 0.6) is 0 Å². The number of hydrogen-bond donors (Lipinski definition) is 2. The van der Waals surface area contributed by atoms with Crippen molar-refractivity contribution in [3.63, 3.8) is 0 Å². The minimum absolute atomic E-state index is 0.416. The van der Waals surface area contributed by atoms with Crippen LogP contribution >= 0.6 is 23.8 Å². The summed E-state index contributed by atoms with van der Waals surface area (Å²) in [6.45, 7) is 0. The van der Waals surface area contributed by atoms with Gasteiger partial charge in [-0.25, -0.2) is 4.68 Å². The van der Waals surface area contributed by atoms with Crippen molar-refractivity contribution >= 4 is 23.8 Å². The molecule has 0 saturated heterocycles. The third kappa shape index (κ3) is 2.19. The first-order valence-electron chi connectivity index (χ1n) is 4.32. The van der Waals surface area contributed by atoms with Gasteiger partial charge in [0.05, 0.1) is 0 Å². The van der Waals surface area contributed by atoms with E-state index in [1.807, 2.05) is 24.3 Å². The number of H-pyrrole nitrogens is 1. The first kappa shape index (κ1) is 10.2. The predicted molar refractivity (Wildman–Crippen MR) is 61.8 cm³/mol. The number of aromatic amines is 1. The molecule has 6 heteroatoms. The summed E-state index contributed by atoms with van der Waals surface area (Å²) >= 11 is 10.7. The van der Waals surface area contributed by atoms with Crippen LogP contribution in [-0.4, -0.2) is 14.9 Å². The third-order valence-electron chi connectivity index (χ3n) is 2.05. The van der Waals surface area contributed by atoms with Crippen LogP contribution in [0.15, 0.2) is 24.3 Å². The van der Waals surface area contributed by atoms with Gasteiger partial charge in [-0.2, -0.15) is 5.10 Å². The van der Waals surface area contributed by atoms with E-state index in [1.54, 1.807) is 0 Å². The molecule has 1 aromatic carbocycles. The number of nitrogens with one attached hydrogen (secondary N) is 1. The number of benzene rings is 1. The van der Waals surface area contributed by atoms with Gasteiger partial charge in [0, 0.05) is 11.4 Å². The lowest BCUT2D eigenvalue weighted by Gasteiger charge is -2.00. The van der Waals surface area contributed by atoms with Gasteiger partial charge in [0.25, 0.3) is 0 Å². The monoisotopic (exact) mass is 240 g/mol. The van der Waals surface area contributed by atoms with Crippen molar-refractivity contribution in [3.05, 3.63) is 45.4 Å². The highest BCUT2D eigenvalue weighted by Gasteiger charge is 2.03. The molecule has 0 bridgehead atoms.